The molecule has 14 heavy (non-hydrogen) atoms. The van der Waals surface area contributed by atoms with Crippen LogP contribution in [0.15, 0.2) is 0 Å². The summed E-state index contributed by atoms with van der Waals surface area (Å²) < 4.78 is 9.32. The maximum absolute atomic E-state index is 11.3. The molecule has 0 spiro atoms. The van der Waals surface area contributed by atoms with Crippen molar-refractivity contribution in [1.29, 1.82) is 0 Å². The summed E-state index contributed by atoms with van der Waals surface area (Å²) in [4.78, 5) is 22.0. The van der Waals surface area contributed by atoms with Crippen LogP contribution in [0.5, 0.6) is 0 Å². The Morgan fingerprint density at radius 1 is 1.50 bits per heavy atom. The normalized spacial score (nSPS) is 16.6. The highest BCUT2D eigenvalue weighted by atomic mass is 16.6. The van der Waals surface area contributed by atoms with Crippen LogP contribution in [-0.2, 0) is 19.1 Å². The van der Waals surface area contributed by atoms with Gasteiger partial charge in [0.1, 0.15) is 0 Å². The van der Waals surface area contributed by atoms with Gasteiger partial charge in [-0.2, -0.15) is 0 Å². The minimum Gasteiger partial charge on any atom is -0.466 e. The van der Waals surface area contributed by atoms with E-state index in [9.17, 15) is 9.59 Å². The molecule has 0 aromatic rings. The van der Waals surface area contributed by atoms with E-state index >= 15 is 0 Å². The van der Waals surface area contributed by atoms with E-state index in [0.29, 0.717) is 0 Å². The van der Waals surface area contributed by atoms with E-state index in [0.717, 1.165) is 0 Å². The maximum atomic E-state index is 11.3. The van der Waals surface area contributed by atoms with Crippen LogP contribution in [0.2, 0.25) is 0 Å². The fourth-order valence-corrected chi connectivity index (χ4v) is 1.26. The molecule has 82 valence electrons. The quantitative estimate of drug-likeness (QED) is 0.664. The third-order valence-corrected chi connectivity index (χ3v) is 1.67. The molecule has 0 aliphatic carbocycles. The Balaban J connectivity index is 4.65. The maximum Gasteiger partial charge on any atom is 0.350 e. The van der Waals surface area contributed by atoms with Crippen LogP contribution >= 0.6 is 0 Å². The molecule has 0 bridgehead atoms. The standard InChI is InChI=1S/C9H16O5/c1-6(10)5-9(3,8(12)13-4)14-7(2)11/h6,10H,5H2,1-4H3. The Labute approximate surface area is 83.0 Å². The minimum atomic E-state index is -1.41. The summed E-state index contributed by atoms with van der Waals surface area (Å²) >= 11 is 0. The highest BCUT2D eigenvalue weighted by molar-refractivity contribution is 5.82. The number of carbonyl (C=O) groups excluding carboxylic acids is 2. The number of methoxy groups -OCH3 is 1. The molecule has 0 saturated carbocycles. The second-order valence-electron chi connectivity index (χ2n) is 3.37. The van der Waals surface area contributed by atoms with Gasteiger partial charge >= 0.3 is 11.9 Å². The molecular formula is C9H16O5. The molecule has 0 fully saturated rings. The van der Waals surface area contributed by atoms with E-state index in [1.165, 1.54) is 27.9 Å². The summed E-state index contributed by atoms with van der Waals surface area (Å²) in [6.07, 6.45) is -0.738. The van der Waals surface area contributed by atoms with E-state index in [1.54, 1.807) is 0 Å². The van der Waals surface area contributed by atoms with E-state index < -0.39 is 23.6 Å². The lowest BCUT2D eigenvalue weighted by Crippen LogP contribution is -2.43. The molecule has 0 amide bonds. The number of aliphatic hydroxyl groups is 1. The van der Waals surface area contributed by atoms with Gasteiger partial charge in [0.25, 0.3) is 0 Å². The first-order valence-electron chi connectivity index (χ1n) is 4.28. The van der Waals surface area contributed by atoms with Crippen molar-refractivity contribution in [1.82, 2.24) is 0 Å². The predicted octanol–water partition coefficient (Wildman–Crippen LogP) is 0.252. The third kappa shape index (κ3) is 3.74. The number of hydrogen-bond donors (Lipinski definition) is 1. The van der Waals surface area contributed by atoms with Crippen molar-refractivity contribution >= 4 is 11.9 Å². The van der Waals surface area contributed by atoms with Crippen molar-refractivity contribution in [2.45, 2.75) is 38.9 Å². The first-order valence-corrected chi connectivity index (χ1v) is 4.28. The zero-order chi connectivity index (χ0) is 11.4. The summed E-state index contributed by atoms with van der Waals surface area (Å²) in [5.74, 6) is -1.26. The molecule has 0 aliphatic rings. The number of aliphatic hydroxyl groups excluding tert-OH is 1. The average molecular weight is 204 g/mol. The molecule has 0 aromatic heterocycles. The van der Waals surface area contributed by atoms with Gasteiger partial charge in [-0.15, -0.1) is 0 Å². The molecule has 1 N–H and O–H groups in total. The van der Waals surface area contributed by atoms with Crippen molar-refractivity contribution in [3.63, 3.8) is 0 Å². The molecule has 0 aromatic carbocycles. The van der Waals surface area contributed by atoms with Crippen molar-refractivity contribution in [2.24, 2.45) is 0 Å². The van der Waals surface area contributed by atoms with Crippen LogP contribution in [-0.4, -0.2) is 35.9 Å². The number of hydrogen-bond acceptors (Lipinski definition) is 5. The number of ether oxygens (including phenoxy) is 2. The lowest BCUT2D eigenvalue weighted by atomic mass is 9.99. The molecule has 0 radical (unpaired) electrons. The van der Waals surface area contributed by atoms with Gasteiger partial charge in [0.15, 0.2) is 0 Å². The first kappa shape index (κ1) is 12.9. The Morgan fingerprint density at radius 2 is 2.00 bits per heavy atom. The fourth-order valence-electron chi connectivity index (χ4n) is 1.26. The largest absolute Gasteiger partial charge is 0.466 e. The van der Waals surface area contributed by atoms with Crippen molar-refractivity contribution in [3.8, 4) is 0 Å². The van der Waals surface area contributed by atoms with Gasteiger partial charge in [0.05, 0.1) is 13.2 Å². The Bertz CT molecular complexity index is 223. The molecule has 2 atom stereocenters. The SMILES string of the molecule is COC(=O)C(C)(CC(C)O)OC(C)=O. The molecular weight excluding hydrogens is 188 g/mol. The van der Waals surface area contributed by atoms with Crippen molar-refractivity contribution in [3.05, 3.63) is 0 Å². The average Bonchev–Trinajstić information content (AvgIpc) is 1.99. The Hall–Kier alpha value is -1.10. The predicted molar refractivity (Wildman–Crippen MR) is 48.5 cm³/mol. The summed E-state index contributed by atoms with van der Waals surface area (Å²) in [5, 5.41) is 9.15. The topological polar surface area (TPSA) is 72.8 Å². The molecule has 0 saturated heterocycles. The smallest absolute Gasteiger partial charge is 0.350 e. The van der Waals surface area contributed by atoms with Crippen LogP contribution in [0.25, 0.3) is 0 Å². The van der Waals surface area contributed by atoms with Crippen LogP contribution in [0, 0.1) is 0 Å². The Morgan fingerprint density at radius 3 is 2.29 bits per heavy atom. The van der Waals surface area contributed by atoms with Gasteiger partial charge in [-0.3, -0.25) is 4.79 Å². The van der Waals surface area contributed by atoms with Crippen LogP contribution in [0.4, 0.5) is 0 Å². The summed E-state index contributed by atoms with van der Waals surface area (Å²) in [6, 6.07) is 0. The molecule has 5 heteroatoms. The Kier molecular flexibility index (Phi) is 4.56. The second kappa shape index (κ2) is 4.95. The first-order chi connectivity index (χ1) is 6.31. The van der Waals surface area contributed by atoms with Crippen LogP contribution < -0.4 is 0 Å². The van der Waals surface area contributed by atoms with Crippen molar-refractivity contribution in [2.75, 3.05) is 7.11 Å². The number of carbonyl (C=O) groups is 2. The van der Waals surface area contributed by atoms with Gasteiger partial charge in [0, 0.05) is 13.3 Å². The van der Waals surface area contributed by atoms with E-state index in [1.807, 2.05) is 0 Å². The number of rotatable bonds is 4. The minimum absolute atomic E-state index is 0.0131. The highest BCUT2D eigenvalue weighted by Crippen LogP contribution is 2.19. The van der Waals surface area contributed by atoms with Gasteiger partial charge in [-0.25, -0.2) is 4.79 Å². The summed E-state index contributed by atoms with van der Waals surface area (Å²) in [7, 11) is 1.20. The summed E-state index contributed by atoms with van der Waals surface area (Å²) in [6.45, 7) is 4.11. The fraction of sp³-hybridized carbons (Fsp3) is 0.778. The zero-order valence-corrected chi connectivity index (χ0v) is 8.86. The van der Waals surface area contributed by atoms with Crippen LogP contribution in [0.1, 0.15) is 27.2 Å². The molecule has 0 aliphatic heterocycles. The highest BCUT2D eigenvalue weighted by Gasteiger charge is 2.39. The molecule has 5 nitrogen and oxygen atoms in total. The molecule has 0 rings (SSSR count). The number of esters is 2. The lowest BCUT2D eigenvalue weighted by Gasteiger charge is -2.27. The van der Waals surface area contributed by atoms with Gasteiger partial charge in [0.2, 0.25) is 5.60 Å². The molecule has 2 unspecified atom stereocenters. The van der Waals surface area contributed by atoms with Crippen LogP contribution in [0.3, 0.4) is 0 Å². The van der Waals surface area contributed by atoms with Gasteiger partial charge in [-0.05, 0) is 13.8 Å². The van der Waals surface area contributed by atoms with Gasteiger partial charge < -0.3 is 14.6 Å². The van der Waals surface area contributed by atoms with Crippen molar-refractivity contribution < 1.29 is 24.2 Å². The zero-order valence-electron chi connectivity index (χ0n) is 8.86. The molecule has 0 heterocycles. The summed E-state index contributed by atoms with van der Waals surface area (Å²) in [5.41, 5.74) is -1.41. The third-order valence-electron chi connectivity index (χ3n) is 1.67. The second-order valence-corrected chi connectivity index (χ2v) is 3.37. The lowest BCUT2D eigenvalue weighted by molar-refractivity contribution is -0.180. The van der Waals surface area contributed by atoms with E-state index in [4.69, 9.17) is 9.84 Å². The van der Waals surface area contributed by atoms with E-state index in [-0.39, 0.29) is 6.42 Å². The van der Waals surface area contributed by atoms with Gasteiger partial charge in [-0.1, -0.05) is 0 Å². The monoisotopic (exact) mass is 204 g/mol. The van der Waals surface area contributed by atoms with E-state index in [2.05, 4.69) is 4.74 Å².